The van der Waals surface area contributed by atoms with Crippen molar-refractivity contribution in [3.05, 3.63) is 0 Å². The molecular weight excluding hydrogens is 208 g/mol. The van der Waals surface area contributed by atoms with E-state index in [0.29, 0.717) is 26.1 Å². The second kappa shape index (κ2) is 12.4. The van der Waals surface area contributed by atoms with Crippen LogP contribution in [0.15, 0.2) is 0 Å². The fourth-order valence-electron chi connectivity index (χ4n) is 1.25. The third-order valence-electron chi connectivity index (χ3n) is 2.17. The molecule has 0 unspecified atom stereocenters. The number of methoxy groups -OCH3 is 1. The lowest BCUT2D eigenvalue weighted by atomic mass is 10.2. The van der Waals surface area contributed by atoms with Crippen molar-refractivity contribution in [3.8, 4) is 0 Å². The minimum atomic E-state index is 0.0555. The number of rotatable bonds is 11. The molecule has 1 amide bonds. The topological polar surface area (TPSA) is 70.6 Å². The predicted molar refractivity (Wildman–Crippen MR) is 63.3 cm³/mol. The number of hydrogen-bond acceptors (Lipinski definition) is 4. The molecule has 3 N–H and O–H groups in total. The summed E-state index contributed by atoms with van der Waals surface area (Å²) in [5, 5.41) is 14.5. The van der Waals surface area contributed by atoms with E-state index < -0.39 is 0 Å². The van der Waals surface area contributed by atoms with E-state index in [4.69, 9.17) is 9.84 Å². The summed E-state index contributed by atoms with van der Waals surface area (Å²) in [4.78, 5) is 11.2. The van der Waals surface area contributed by atoms with E-state index in [1.54, 1.807) is 7.11 Å². The number of carbonyl (C=O) groups is 1. The van der Waals surface area contributed by atoms with Gasteiger partial charge in [0.25, 0.3) is 0 Å². The molecule has 0 aromatic carbocycles. The molecule has 96 valence electrons. The number of hydrogen-bond donors (Lipinski definition) is 3. The Hall–Kier alpha value is -0.650. The van der Waals surface area contributed by atoms with Gasteiger partial charge >= 0.3 is 0 Å². The van der Waals surface area contributed by atoms with Crippen LogP contribution >= 0.6 is 0 Å². The van der Waals surface area contributed by atoms with E-state index in [-0.39, 0.29) is 12.5 Å². The number of nitrogens with one attached hydrogen (secondary N) is 2. The highest BCUT2D eigenvalue weighted by Gasteiger charge is 1.98. The molecule has 0 atom stereocenters. The van der Waals surface area contributed by atoms with Crippen LogP contribution in [0.5, 0.6) is 0 Å². The summed E-state index contributed by atoms with van der Waals surface area (Å²) in [5.74, 6) is 0.0555. The van der Waals surface area contributed by atoms with Gasteiger partial charge in [0, 0.05) is 33.2 Å². The van der Waals surface area contributed by atoms with Gasteiger partial charge in [-0.1, -0.05) is 0 Å². The molecule has 0 spiro atoms. The minimum Gasteiger partial charge on any atom is -0.396 e. The van der Waals surface area contributed by atoms with Gasteiger partial charge in [-0.05, 0) is 25.8 Å². The van der Waals surface area contributed by atoms with Crippen molar-refractivity contribution in [2.24, 2.45) is 0 Å². The van der Waals surface area contributed by atoms with Crippen molar-refractivity contribution in [2.45, 2.75) is 25.7 Å². The van der Waals surface area contributed by atoms with Gasteiger partial charge in [-0.2, -0.15) is 0 Å². The number of unbranched alkanes of at least 4 members (excludes halogenated alkanes) is 2. The maximum Gasteiger partial charge on any atom is 0.221 e. The van der Waals surface area contributed by atoms with Gasteiger partial charge in [0.2, 0.25) is 5.91 Å². The molecule has 0 saturated heterocycles. The predicted octanol–water partition coefficient (Wildman–Crippen LogP) is -0.109. The Kier molecular flexibility index (Phi) is 11.9. The molecule has 0 saturated carbocycles. The van der Waals surface area contributed by atoms with Crippen LogP contribution in [0.25, 0.3) is 0 Å². The molecule has 0 aliphatic carbocycles. The molecule has 0 bridgehead atoms. The Bertz CT molecular complexity index is 165. The van der Waals surface area contributed by atoms with E-state index in [2.05, 4.69) is 10.6 Å². The molecule has 0 fully saturated rings. The summed E-state index contributed by atoms with van der Waals surface area (Å²) >= 11 is 0. The highest BCUT2D eigenvalue weighted by molar-refractivity contribution is 5.75. The molecule has 0 heterocycles. The smallest absolute Gasteiger partial charge is 0.221 e. The first-order valence-electron chi connectivity index (χ1n) is 5.88. The lowest BCUT2D eigenvalue weighted by Gasteiger charge is -2.05. The Morgan fingerprint density at radius 1 is 1.19 bits per heavy atom. The fraction of sp³-hybridized carbons (Fsp3) is 0.909. The van der Waals surface area contributed by atoms with Crippen molar-refractivity contribution >= 4 is 5.91 Å². The SMILES string of the molecule is COCCNC(=O)CCNCCCCCO. The quantitative estimate of drug-likeness (QED) is 0.435. The van der Waals surface area contributed by atoms with Crippen LogP contribution in [-0.4, -0.2) is 51.0 Å². The van der Waals surface area contributed by atoms with Crippen molar-refractivity contribution in [2.75, 3.05) is 40.0 Å². The average molecular weight is 232 g/mol. The average Bonchev–Trinajstić information content (AvgIpc) is 2.28. The second-order valence-electron chi connectivity index (χ2n) is 3.63. The summed E-state index contributed by atoms with van der Waals surface area (Å²) < 4.78 is 4.82. The Labute approximate surface area is 97.6 Å². The molecule has 16 heavy (non-hydrogen) atoms. The molecule has 5 heteroatoms. The van der Waals surface area contributed by atoms with Crippen molar-refractivity contribution in [3.63, 3.8) is 0 Å². The Morgan fingerprint density at radius 3 is 2.69 bits per heavy atom. The van der Waals surface area contributed by atoms with E-state index in [0.717, 1.165) is 25.8 Å². The normalized spacial score (nSPS) is 10.4. The molecule has 0 aromatic heterocycles. The summed E-state index contributed by atoms with van der Waals surface area (Å²) in [6, 6.07) is 0. The molecule has 5 nitrogen and oxygen atoms in total. The van der Waals surface area contributed by atoms with Crippen LogP contribution in [0.1, 0.15) is 25.7 Å². The fourth-order valence-corrected chi connectivity index (χ4v) is 1.25. The lowest BCUT2D eigenvalue weighted by Crippen LogP contribution is -2.30. The number of aliphatic hydroxyl groups excluding tert-OH is 1. The third kappa shape index (κ3) is 11.4. The van der Waals surface area contributed by atoms with E-state index in [1.807, 2.05) is 0 Å². The van der Waals surface area contributed by atoms with Gasteiger partial charge in [-0.15, -0.1) is 0 Å². The largest absolute Gasteiger partial charge is 0.396 e. The van der Waals surface area contributed by atoms with Crippen molar-refractivity contribution < 1.29 is 14.6 Å². The van der Waals surface area contributed by atoms with Gasteiger partial charge in [-0.25, -0.2) is 0 Å². The monoisotopic (exact) mass is 232 g/mol. The highest BCUT2D eigenvalue weighted by Crippen LogP contribution is 1.91. The van der Waals surface area contributed by atoms with Gasteiger partial charge in [-0.3, -0.25) is 4.79 Å². The Morgan fingerprint density at radius 2 is 2.00 bits per heavy atom. The van der Waals surface area contributed by atoms with Crippen LogP contribution in [0.2, 0.25) is 0 Å². The van der Waals surface area contributed by atoms with E-state index in [1.165, 1.54) is 0 Å². The maximum absolute atomic E-state index is 11.2. The zero-order chi connectivity index (χ0) is 12.1. The van der Waals surface area contributed by atoms with E-state index in [9.17, 15) is 4.79 Å². The van der Waals surface area contributed by atoms with Crippen molar-refractivity contribution in [1.29, 1.82) is 0 Å². The number of ether oxygens (including phenoxy) is 1. The highest BCUT2D eigenvalue weighted by atomic mass is 16.5. The zero-order valence-corrected chi connectivity index (χ0v) is 10.1. The van der Waals surface area contributed by atoms with Crippen LogP contribution < -0.4 is 10.6 Å². The van der Waals surface area contributed by atoms with Crippen LogP contribution in [0.4, 0.5) is 0 Å². The second-order valence-corrected chi connectivity index (χ2v) is 3.63. The summed E-state index contributed by atoms with van der Waals surface area (Å²) in [6.07, 6.45) is 3.44. The van der Waals surface area contributed by atoms with E-state index >= 15 is 0 Å². The lowest BCUT2D eigenvalue weighted by molar-refractivity contribution is -0.121. The molecule has 0 aromatic rings. The van der Waals surface area contributed by atoms with Crippen molar-refractivity contribution in [1.82, 2.24) is 10.6 Å². The summed E-state index contributed by atoms with van der Waals surface area (Å²) in [6.45, 7) is 3.01. The Balaban J connectivity index is 3.09. The first-order chi connectivity index (χ1) is 7.81. The number of aliphatic hydroxyl groups is 1. The standard InChI is InChI=1S/C11H24N2O3/c1-16-10-8-13-11(15)5-7-12-6-3-2-4-9-14/h12,14H,2-10H2,1H3,(H,13,15). The molecule has 0 rings (SSSR count). The number of carbonyl (C=O) groups excluding carboxylic acids is 1. The third-order valence-corrected chi connectivity index (χ3v) is 2.17. The summed E-state index contributed by atoms with van der Waals surface area (Å²) in [7, 11) is 1.61. The molecule has 0 aliphatic rings. The van der Waals surface area contributed by atoms with Crippen LogP contribution in [-0.2, 0) is 9.53 Å². The zero-order valence-electron chi connectivity index (χ0n) is 10.1. The van der Waals surface area contributed by atoms with Gasteiger partial charge in [0.15, 0.2) is 0 Å². The first kappa shape index (κ1) is 15.3. The van der Waals surface area contributed by atoms with Gasteiger partial charge in [0.1, 0.15) is 0 Å². The van der Waals surface area contributed by atoms with Gasteiger partial charge < -0.3 is 20.5 Å². The molecule has 0 radical (unpaired) electrons. The minimum absolute atomic E-state index is 0.0555. The maximum atomic E-state index is 11.2. The molecular formula is C11H24N2O3. The summed E-state index contributed by atoms with van der Waals surface area (Å²) in [5.41, 5.74) is 0. The van der Waals surface area contributed by atoms with Crippen LogP contribution in [0, 0.1) is 0 Å². The first-order valence-corrected chi connectivity index (χ1v) is 5.88. The molecule has 0 aliphatic heterocycles. The van der Waals surface area contributed by atoms with Crippen LogP contribution in [0.3, 0.4) is 0 Å². The van der Waals surface area contributed by atoms with Gasteiger partial charge in [0.05, 0.1) is 6.61 Å². The number of amides is 1.